The highest BCUT2D eigenvalue weighted by Gasteiger charge is 2.10. The molecular weight excluding hydrogens is 262 g/mol. The topological polar surface area (TPSA) is 75.1 Å². The number of carboxylic acids is 1. The summed E-state index contributed by atoms with van der Waals surface area (Å²) in [4.78, 5) is 20.1. The van der Waals surface area contributed by atoms with Crippen molar-refractivity contribution in [3.05, 3.63) is 41.7 Å². The lowest BCUT2D eigenvalue weighted by Gasteiger charge is -2.09. The zero-order valence-electron chi connectivity index (χ0n) is 10.5. The van der Waals surface area contributed by atoms with Gasteiger partial charge in [-0.1, -0.05) is 12.1 Å². The van der Waals surface area contributed by atoms with E-state index in [0.29, 0.717) is 11.6 Å². The molecule has 0 amide bonds. The lowest BCUT2D eigenvalue weighted by atomic mass is 10.2. The Hall–Kier alpha value is -2.08. The van der Waals surface area contributed by atoms with Crippen molar-refractivity contribution in [3.8, 4) is 0 Å². The summed E-state index contributed by atoms with van der Waals surface area (Å²) in [5.41, 5.74) is 1.45. The van der Waals surface area contributed by atoms with Crippen molar-refractivity contribution in [2.24, 2.45) is 0 Å². The van der Waals surface area contributed by atoms with E-state index in [9.17, 15) is 4.79 Å². The normalized spacial score (nSPS) is 10.2. The number of nitrogens with zero attached hydrogens (tertiary/aromatic N) is 2. The van der Waals surface area contributed by atoms with Crippen molar-refractivity contribution in [1.29, 1.82) is 0 Å². The number of hydrogen-bond donors (Lipinski definition) is 2. The number of nitrogens with one attached hydrogen (secondary N) is 1. The van der Waals surface area contributed by atoms with Gasteiger partial charge >= 0.3 is 5.97 Å². The van der Waals surface area contributed by atoms with Crippen molar-refractivity contribution in [3.63, 3.8) is 0 Å². The van der Waals surface area contributed by atoms with Crippen LogP contribution in [-0.4, -0.2) is 27.3 Å². The van der Waals surface area contributed by atoms with Crippen LogP contribution in [0.15, 0.2) is 35.4 Å². The highest BCUT2D eigenvalue weighted by atomic mass is 32.2. The van der Waals surface area contributed by atoms with E-state index in [-0.39, 0.29) is 5.56 Å². The molecule has 0 saturated heterocycles. The summed E-state index contributed by atoms with van der Waals surface area (Å²) < 4.78 is 0. The first kappa shape index (κ1) is 13.4. The minimum atomic E-state index is -1.02. The standard InChI is InChI=1S/C13H13N3O2S/c1-8-9(12(17)18)7-14-13(15-8)16-10-5-3-4-6-11(10)19-2/h3-7H,1-2H3,(H,17,18)(H,14,15,16). The molecule has 0 bridgehead atoms. The van der Waals surface area contributed by atoms with Gasteiger partial charge in [-0.2, -0.15) is 0 Å². The first-order valence-electron chi connectivity index (χ1n) is 5.59. The van der Waals surface area contributed by atoms with Crippen LogP contribution in [0.1, 0.15) is 16.1 Å². The Balaban J connectivity index is 2.29. The van der Waals surface area contributed by atoms with Gasteiger partial charge in [-0.3, -0.25) is 0 Å². The number of thioether (sulfide) groups is 1. The SMILES string of the molecule is CSc1ccccc1Nc1ncc(C(=O)O)c(C)n1. The van der Waals surface area contributed by atoms with E-state index >= 15 is 0 Å². The zero-order chi connectivity index (χ0) is 13.8. The van der Waals surface area contributed by atoms with E-state index in [1.54, 1.807) is 18.7 Å². The Labute approximate surface area is 115 Å². The molecule has 0 unspecified atom stereocenters. The largest absolute Gasteiger partial charge is 0.478 e. The Kier molecular flexibility index (Phi) is 4.01. The molecular formula is C13H13N3O2S. The lowest BCUT2D eigenvalue weighted by molar-refractivity contribution is 0.0695. The number of aromatic carboxylic acids is 1. The van der Waals surface area contributed by atoms with Crippen molar-refractivity contribution >= 4 is 29.4 Å². The number of aryl methyl sites for hydroxylation is 1. The van der Waals surface area contributed by atoms with Crippen LogP contribution in [0.4, 0.5) is 11.6 Å². The Morgan fingerprint density at radius 1 is 1.37 bits per heavy atom. The van der Waals surface area contributed by atoms with E-state index in [0.717, 1.165) is 10.6 Å². The second-order valence-electron chi connectivity index (χ2n) is 3.82. The summed E-state index contributed by atoms with van der Waals surface area (Å²) in [6.07, 6.45) is 3.30. The summed E-state index contributed by atoms with van der Waals surface area (Å²) in [6, 6.07) is 7.79. The molecule has 2 aromatic rings. The van der Waals surface area contributed by atoms with Gasteiger partial charge < -0.3 is 10.4 Å². The van der Waals surface area contributed by atoms with Gasteiger partial charge in [0.05, 0.1) is 16.9 Å². The van der Waals surface area contributed by atoms with E-state index in [1.165, 1.54) is 6.20 Å². The number of aromatic nitrogens is 2. The first-order valence-corrected chi connectivity index (χ1v) is 6.81. The van der Waals surface area contributed by atoms with Crippen LogP contribution in [0, 0.1) is 6.92 Å². The van der Waals surface area contributed by atoms with Crippen LogP contribution in [0.5, 0.6) is 0 Å². The molecule has 2 N–H and O–H groups in total. The minimum absolute atomic E-state index is 0.115. The number of carboxylic acid groups (broad SMARTS) is 1. The van der Waals surface area contributed by atoms with Crippen molar-refractivity contribution in [2.75, 3.05) is 11.6 Å². The van der Waals surface area contributed by atoms with Crippen LogP contribution < -0.4 is 5.32 Å². The third kappa shape index (κ3) is 3.03. The molecule has 0 radical (unpaired) electrons. The summed E-state index contributed by atoms with van der Waals surface area (Å²) in [5.74, 6) is -0.627. The van der Waals surface area contributed by atoms with Gasteiger partial charge in [0.2, 0.25) is 5.95 Å². The number of carbonyl (C=O) groups is 1. The summed E-state index contributed by atoms with van der Waals surface area (Å²) in [6.45, 7) is 1.65. The zero-order valence-corrected chi connectivity index (χ0v) is 11.4. The van der Waals surface area contributed by atoms with Crippen LogP contribution >= 0.6 is 11.8 Å². The molecule has 0 aliphatic heterocycles. The molecule has 1 aromatic heterocycles. The maximum Gasteiger partial charge on any atom is 0.339 e. The molecule has 1 heterocycles. The highest BCUT2D eigenvalue weighted by Crippen LogP contribution is 2.26. The fourth-order valence-electron chi connectivity index (χ4n) is 1.61. The van der Waals surface area contributed by atoms with Gasteiger partial charge in [0.25, 0.3) is 0 Å². The summed E-state index contributed by atoms with van der Waals surface area (Å²) in [5, 5.41) is 12.0. The molecule has 0 fully saturated rings. The molecule has 0 saturated carbocycles. The average Bonchev–Trinajstić information content (AvgIpc) is 2.39. The molecule has 5 nitrogen and oxygen atoms in total. The van der Waals surface area contributed by atoms with Crippen LogP contribution in [0.2, 0.25) is 0 Å². The molecule has 1 aromatic carbocycles. The molecule has 0 atom stereocenters. The van der Waals surface area contributed by atoms with E-state index in [2.05, 4.69) is 15.3 Å². The first-order chi connectivity index (χ1) is 9.11. The summed E-state index contributed by atoms with van der Waals surface area (Å²) >= 11 is 1.61. The van der Waals surface area contributed by atoms with Crippen molar-refractivity contribution < 1.29 is 9.90 Å². The van der Waals surface area contributed by atoms with E-state index < -0.39 is 5.97 Å². The lowest BCUT2D eigenvalue weighted by Crippen LogP contribution is -2.06. The Morgan fingerprint density at radius 2 is 2.11 bits per heavy atom. The molecule has 98 valence electrons. The number of anilines is 2. The maximum absolute atomic E-state index is 10.9. The second kappa shape index (κ2) is 5.71. The predicted molar refractivity (Wildman–Crippen MR) is 75.2 cm³/mol. The average molecular weight is 275 g/mol. The molecule has 19 heavy (non-hydrogen) atoms. The second-order valence-corrected chi connectivity index (χ2v) is 4.67. The minimum Gasteiger partial charge on any atom is -0.478 e. The highest BCUT2D eigenvalue weighted by molar-refractivity contribution is 7.98. The molecule has 6 heteroatoms. The third-order valence-electron chi connectivity index (χ3n) is 2.56. The van der Waals surface area contributed by atoms with Crippen LogP contribution in [0.25, 0.3) is 0 Å². The van der Waals surface area contributed by atoms with Gasteiger partial charge in [0.1, 0.15) is 0 Å². The Morgan fingerprint density at radius 3 is 2.74 bits per heavy atom. The maximum atomic E-state index is 10.9. The van der Waals surface area contributed by atoms with Gasteiger partial charge in [-0.15, -0.1) is 11.8 Å². The van der Waals surface area contributed by atoms with E-state index in [1.807, 2.05) is 30.5 Å². The van der Waals surface area contributed by atoms with E-state index in [4.69, 9.17) is 5.11 Å². The van der Waals surface area contributed by atoms with Gasteiger partial charge in [0, 0.05) is 11.1 Å². The Bertz CT molecular complexity index is 617. The third-order valence-corrected chi connectivity index (χ3v) is 3.36. The van der Waals surface area contributed by atoms with Crippen molar-refractivity contribution in [2.45, 2.75) is 11.8 Å². The molecule has 0 aliphatic carbocycles. The quantitative estimate of drug-likeness (QED) is 0.836. The summed E-state index contributed by atoms with van der Waals surface area (Å²) in [7, 11) is 0. The van der Waals surface area contributed by atoms with Gasteiger partial charge in [-0.05, 0) is 25.3 Å². The molecule has 0 spiro atoms. The number of benzene rings is 1. The number of hydrogen-bond acceptors (Lipinski definition) is 5. The predicted octanol–water partition coefficient (Wildman–Crippen LogP) is 2.95. The van der Waals surface area contributed by atoms with Gasteiger partial charge in [0.15, 0.2) is 0 Å². The van der Waals surface area contributed by atoms with Gasteiger partial charge in [-0.25, -0.2) is 14.8 Å². The van der Waals surface area contributed by atoms with Crippen LogP contribution in [-0.2, 0) is 0 Å². The molecule has 0 aliphatic rings. The fourth-order valence-corrected chi connectivity index (χ4v) is 2.16. The van der Waals surface area contributed by atoms with Crippen LogP contribution in [0.3, 0.4) is 0 Å². The number of rotatable bonds is 4. The monoisotopic (exact) mass is 275 g/mol. The molecule has 2 rings (SSSR count). The smallest absolute Gasteiger partial charge is 0.339 e. The van der Waals surface area contributed by atoms with Crippen molar-refractivity contribution in [1.82, 2.24) is 9.97 Å². The number of para-hydroxylation sites is 1. The fraction of sp³-hybridized carbons (Fsp3) is 0.154.